The van der Waals surface area contributed by atoms with E-state index in [1.807, 2.05) is 24.3 Å². The molecule has 0 atom stereocenters. The van der Waals surface area contributed by atoms with Crippen molar-refractivity contribution in [2.24, 2.45) is 0 Å². The summed E-state index contributed by atoms with van der Waals surface area (Å²) in [7, 11) is -3.17. The number of sulfonamides is 1. The number of nitrogens with one attached hydrogen (secondary N) is 1. The number of hydrogen-bond donors (Lipinski definition) is 1. The lowest BCUT2D eigenvalue weighted by Gasteiger charge is -2.21. The van der Waals surface area contributed by atoms with E-state index >= 15 is 0 Å². The molecule has 1 aliphatic rings. The van der Waals surface area contributed by atoms with Gasteiger partial charge in [0.25, 0.3) is 0 Å². The molecule has 1 aliphatic heterocycles. The van der Waals surface area contributed by atoms with Crippen molar-refractivity contribution in [2.45, 2.75) is 6.42 Å². The molecule has 0 unspecified atom stereocenters. The van der Waals surface area contributed by atoms with E-state index in [4.69, 9.17) is 0 Å². The molecule has 15 heavy (non-hydrogen) atoms. The van der Waals surface area contributed by atoms with Gasteiger partial charge in [-0.05, 0) is 18.6 Å². The Balaban J connectivity index is 2.51. The van der Waals surface area contributed by atoms with Crippen LogP contribution in [0.2, 0.25) is 0 Å². The van der Waals surface area contributed by atoms with Crippen LogP contribution >= 0.6 is 0 Å². The Morgan fingerprint density at radius 2 is 2.07 bits per heavy atom. The second-order valence-electron chi connectivity index (χ2n) is 3.63. The third-order valence-corrected chi connectivity index (χ3v) is 3.61. The van der Waals surface area contributed by atoms with Gasteiger partial charge in [-0.1, -0.05) is 12.1 Å². The summed E-state index contributed by atoms with van der Waals surface area (Å²) in [5.74, 6) is 0. The summed E-state index contributed by atoms with van der Waals surface area (Å²) in [6.45, 7) is 1.35. The maximum Gasteiger partial charge on any atom is 0.232 e. The minimum Gasteiger partial charge on any atom is -0.383 e. The molecule has 0 aliphatic carbocycles. The van der Waals surface area contributed by atoms with Crippen molar-refractivity contribution < 1.29 is 8.42 Å². The molecule has 4 nitrogen and oxygen atoms in total. The molecule has 1 heterocycles. The lowest BCUT2D eigenvalue weighted by Crippen LogP contribution is -2.30. The van der Waals surface area contributed by atoms with E-state index in [2.05, 4.69) is 5.32 Å². The largest absolute Gasteiger partial charge is 0.383 e. The molecule has 1 aromatic rings. The molecule has 5 heteroatoms. The van der Waals surface area contributed by atoms with E-state index in [0.29, 0.717) is 6.54 Å². The summed E-state index contributed by atoms with van der Waals surface area (Å²) in [6, 6.07) is 7.48. The van der Waals surface area contributed by atoms with Crippen LogP contribution in [0.4, 0.5) is 11.4 Å². The third kappa shape index (κ3) is 2.07. The Bertz CT molecular complexity index is 456. The smallest absolute Gasteiger partial charge is 0.232 e. The highest BCUT2D eigenvalue weighted by Gasteiger charge is 2.21. The molecule has 1 aromatic carbocycles. The van der Waals surface area contributed by atoms with Gasteiger partial charge in [0.1, 0.15) is 0 Å². The fourth-order valence-corrected chi connectivity index (χ4v) is 2.73. The Hall–Kier alpha value is -1.23. The van der Waals surface area contributed by atoms with Crippen LogP contribution in [-0.4, -0.2) is 27.8 Å². The maximum atomic E-state index is 11.6. The molecule has 0 bridgehead atoms. The predicted octanol–water partition coefficient (Wildman–Crippen LogP) is 1.27. The van der Waals surface area contributed by atoms with Gasteiger partial charge in [0, 0.05) is 13.1 Å². The lowest BCUT2D eigenvalue weighted by atomic mass is 10.2. The van der Waals surface area contributed by atoms with E-state index < -0.39 is 10.0 Å². The molecule has 0 amide bonds. The van der Waals surface area contributed by atoms with Crippen LogP contribution in [0.15, 0.2) is 24.3 Å². The van der Waals surface area contributed by atoms with Crippen molar-refractivity contribution in [3.63, 3.8) is 0 Å². The SMILES string of the molecule is CS(=O)(=O)N1CCCNc2ccccc21. The minimum absolute atomic E-state index is 0.544. The average molecular weight is 226 g/mol. The van der Waals surface area contributed by atoms with Gasteiger partial charge in [0.2, 0.25) is 10.0 Å². The van der Waals surface area contributed by atoms with Crippen LogP contribution in [0.1, 0.15) is 6.42 Å². The Labute approximate surface area is 90.0 Å². The van der Waals surface area contributed by atoms with Crippen LogP contribution in [0.3, 0.4) is 0 Å². The molecule has 0 aromatic heterocycles. The highest BCUT2D eigenvalue weighted by atomic mass is 32.2. The summed E-state index contributed by atoms with van der Waals surface area (Å²) < 4.78 is 24.7. The van der Waals surface area contributed by atoms with E-state index in [9.17, 15) is 8.42 Å². The summed E-state index contributed by atoms with van der Waals surface area (Å²) in [6.07, 6.45) is 2.07. The van der Waals surface area contributed by atoms with Crippen LogP contribution in [-0.2, 0) is 10.0 Å². The third-order valence-electron chi connectivity index (χ3n) is 2.43. The van der Waals surface area contributed by atoms with Gasteiger partial charge in [0.05, 0.1) is 17.6 Å². The standard InChI is InChI=1S/C10H14N2O2S/c1-15(13,14)12-8-4-7-11-9-5-2-3-6-10(9)12/h2-3,5-6,11H,4,7-8H2,1H3. The van der Waals surface area contributed by atoms with Gasteiger partial charge < -0.3 is 5.32 Å². The van der Waals surface area contributed by atoms with Crippen LogP contribution in [0, 0.1) is 0 Å². The second-order valence-corrected chi connectivity index (χ2v) is 5.54. The van der Waals surface area contributed by atoms with Crippen molar-refractivity contribution >= 4 is 21.4 Å². The first-order valence-electron chi connectivity index (χ1n) is 4.89. The average Bonchev–Trinajstić information content (AvgIpc) is 2.38. The molecule has 0 spiro atoms. The van der Waals surface area contributed by atoms with Crippen molar-refractivity contribution in [1.29, 1.82) is 0 Å². The van der Waals surface area contributed by atoms with Crippen molar-refractivity contribution in [2.75, 3.05) is 29.0 Å². The number of fused-ring (bicyclic) bond motifs is 1. The van der Waals surface area contributed by atoms with Gasteiger partial charge in [0.15, 0.2) is 0 Å². The van der Waals surface area contributed by atoms with Gasteiger partial charge in [-0.2, -0.15) is 0 Å². The Morgan fingerprint density at radius 1 is 1.33 bits per heavy atom. The summed E-state index contributed by atoms with van der Waals surface area (Å²) in [5.41, 5.74) is 1.64. The first-order valence-corrected chi connectivity index (χ1v) is 6.74. The second kappa shape index (κ2) is 3.73. The normalized spacial score (nSPS) is 16.5. The molecular weight excluding hydrogens is 212 g/mol. The van der Waals surface area contributed by atoms with Crippen LogP contribution in [0.25, 0.3) is 0 Å². The van der Waals surface area contributed by atoms with E-state index in [1.165, 1.54) is 10.6 Å². The highest BCUT2D eigenvalue weighted by Crippen LogP contribution is 2.29. The van der Waals surface area contributed by atoms with Crippen LogP contribution in [0.5, 0.6) is 0 Å². The number of benzene rings is 1. The van der Waals surface area contributed by atoms with Gasteiger partial charge in [-0.15, -0.1) is 0 Å². The van der Waals surface area contributed by atoms with Gasteiger partial charge in [-0.25, -0.2) is 8.42 Å². The monoisotopic (exact) mass is 226 g/mol. The molecule has 1 N–H and O–H groups in total. The van der Waals surface area contributed by atoms with Gasteiger partial charge >= 0.3 is 0 Å². The molecule has 0 saturated heterocycles. The number of anilines is 2. The topological polar surface area (TPSA) is 49.4 Å². The fraction of sp³-hybridized carbons (Fsp3) is 0.400. The fourth-order valence-electron chi connectivity index (χ4n) is 1.75. The quantitative estimate of drug-likeness (QED) is 0.784. The van der Waals surface area contributed by atoms with Crippen LogP contribution < -0.4 is 9.62 Å². The van der Waals surface area contributed by atoms with E-state index in [1.54, 1.807) is 0 Å². The number of para-hydroxylation sites is 2. The predicted molar refractivity (Wildman–Crippen MR) is 61.7 cm³/mol. The zero-order chi connectivity index (χ0) is 10.9. The summed E-state index contributed by atoms with van der Waals surface area (Å²) in [4.78, 5) is 0. The number of rotatable bonds is 1. The van der Waals surface area contributed by atoms with E-state index in [0.717, 1.165) is 24.3 Å². The maximum absolute atomic E-state index is 11.6. The molecule has 0 fully saturated rings. The zero-order valence-electron chi connectivity index (χ0n) is 8.60. The van der Waals surface area contributed by atoms with Crippen molar-refractivity contribution in [3.8, 4) is 0 Å². The molecule has 2 rings (SSSR count). The molecule has 82 valence electrons. The van der Waals surface area contributed by atoms with Crippen molar-refractivity contribution in [1.82, 2.24) is 0 Å². The Kier molecular flexibility index (Phi) is 2.56. The van der Waals surface area contributed by atoms with Crippen molar-refractivity contribution in [3.05, 3.63) is 24.3 Å². The molecule has 0 radical (unpaired) electrons. The first-order chi connectivity index (χ1) is 7.09. The molecular formula is C10H14N2O2S. The first kappa shape index (κ1) is 10.3. The Morgan fingerprint density at radius 3 is 2.80 bits per heavy atom. The zero-order valence-corrected chi connectivity index (χ0v) is 9.42. The lowest BCUT2D eigenvalue weighted by molar-refractivity contribution is 0.596. The van der Waals surface area contributed by atoms with E-state index in [-0.39, 0.29) is 0 Å². The number of hydrogen-bond acceptors (Lipinski definition) is 3. The number of nitrogens with zero attached hydrogens (tertiary/aromatic N) is 1. The molecule has 0 saturated carbocycles. The highest BCUT2D eigenvalue weighted by molar-refractivity contribution is 7.92. The minimum atomic E-state index is -3.17. The summed E-state index contributed by atoms with van der Waals surface area (Å²) in [5, 5.41) is 3.22. The van der Waals surface area contributed by atoms with Gasteiger partial charge in [-0.3, -0.25) is 4.31 Å². The summed E-state index contributed by atoms with van der Waals surface area (Å²) >= 11 is 0.